The normalized spacial score (nSPS) is 25.9. The highest BCUT2D eigenvalue weighted by molar-refractivity contribution is 5.86. The first-order valence-electron chi connectivity index (χ1n) is 4.95. The van der Waals surface area contributed by atoms with E-state index < -0.39 is 23.0 Å². The van der Waals surface area contributed by atoms with Crippen molar-refractivity contribution < 1.29 is 18.0 Å². The van der Waals surface area contributed by atoms with E-state index >= 15 is 0 Å². The molecule has 2 rings (SSSR count). The highest BCUT2D eigenvalue weighted by atomic mass is 19.4. The molecule has 3 nitrogen and oxygen atoms in total. The number of nitrogens with two attached hydrogens (primary N) is 1. The molecule has 2 saturated carbocycles. The molecule has 0 aromatic carbocycles. The lowest BCUT2D eigenvalue weighted by molar-refractivity contribution is -0.171. The second-order valence-corrected chi connectivity index (χ2v) is 4.52. The first-order valence-corrected chi connectivity index (χ1v) is 4.95. The Morgan fingerprint density at radius 2 is 1.80 bits per heavy atom. The molecule has 0 heterocycles. The van der Waals surface area contributed by atoms with Gasteiger partial charge in [-0.25, -0.2) is 0 Å². The summed E-state index contributed by atoms with van der Waals surface area (Å²) in [4.78, 5) is 11.6. The molecule has 0 aliphatic heterocycles. The van der Waals surface area contributed by atoms with Gasteiger partial charge in [0, 0.05) is 6.54 Å². The van der Waals surface area contributed by atoms with Crippen LogP contribution in [0.4, 0.5) is 13.2 Å². The van der Waals surface area contributed by atoms with Gasteiger partial charge in [-0.1, -0.05) is 0 Å². The van der Waals surface area contributed by atoms with Gasteiger partial charge in [0.1, 0.15) is 5.54 Å². The summed E-state index contributed by atoms with van der Waals surface area (Å²) >= 11 is 0. The van der Waals surface area contributed by atoms with Gasteiger partial charge in [-0.2, -0.15) is 13.2 Å². The summed E-state index contributed by atoms with van der Waals surface area (Å²) in [5.41, 5.74) is 2.72. The standard InChI is InChI=1S/C9H13F3N2O/c10-9(11,12)8(3-4-8)14-6(15)7(5-13)1-2-7/h1-5,13H2,(H,14,15). The van der Waals surface area contributed by atoms with Crippen LogP contribution in [-0.4, -0.2) is 24.2 Å². The van der Waals surface area contributed by atoms with Crippen molar-refractivity contribution in [1.82, 2.24) is 5.32 Å². The zero-order chi connectivity index (χ0) is 11.3. The van der Waals surface area contributed by atoms with Gasteiger partial charge < -0.3 is 11.1 Å². The molecule has 3 N–H and O–H groups in total. The molecule has 6 heteroatoms. The zero-order valence-corrected chi connectivity index (χ0v) is 8.16. The van der Waals surface area contributed by atoms with E-state index in [4.69, 9.17) is 5.73 Å². The fourth-order valence-electron chi connectivity index (χ4n) is 1.63. The average molecular weight is 222 g/mol. The quantitative estimate of drug-likeness (QED) is 0.746. The largest absolute Gasteiger partial charge is 0.411 e. The summed E-state index contributed by atoms with van der Waals surface area (Å²) in [6.45, 7) is 0.132. The third-order valence-corrected chi connectivity index (χ3v) is 3.37. The highest BCUT2D eigenvalue weighted by Gasteiger charge is 2.66. The maximum Gasteiger partial charge on any atom is 0.411 e. The lowest BCUT2D eigenvalue weighted by Crippen LogP contribution is -2.51. The van der Waals surface area contributed by atoms with Crippen molar-refractivity contribution in [2.24, 2.45) is 11.1 Å². The molecule has 0 atom stereocenters. The van der Waals surface area contributed by atoms with Crippen molar-refractivity contribution in [2.75, 3.05) is 6.54 Å². The summed E-state index contributed by atoms with van der Waals surface area (Å²) in [7, 11) is 0. The average Bonchev–Trinajstić information content (AvgIpc) is 2.98. The van der Waals surface area contributed by atoms with Crippen LogP contribution in [0, 0.1) is 5.41 Å². The third kappa shape index (κ3) is 1.60. The van der Waals surface area contributed by atoms with Gasteiger partial charge in [0.15, 0.2) is 0 Å². The van der Waals surface area contributed by atoms with E-state index in [1.54, 1.807) is 0 Å². The Labute approximate surface area is 85.2 Å². The van der Waals surface area contributed by atoms with Crippen molar-refractivity contribution in [2.45, 2.75) is 37.4 Å². The zero-order valence-electron chi connectivity index (χ0n) is 8.16. The smallest absolute Gasteiger partial charge is 0.341 e. The third-order valence-electron chi connectivity index (χ3n) is 3.37. The molecule has 2 fully saturated rings. The second kappa shape index (κ2) is 2.87. The van der Waals surface area contributed by atoms with E-state index in [0.29, 0.717) is 12.8 Å². The SMILES string of the molecule is NCC1(C(=O)NC2(C(F)(F)F)CC2)CC1. The minimum Gasteiger partial charge on any atom is -0.341 e. The number of alkyl halides is 3. The molecule has 1 amide bonds. The van der Waals surface area contributed by atoms with Gasteiger partial charge in [0.25, 0.3) is 0 Å². The topological polar surface area (TPSA) is 55.1 Å². The van der Waals surface area contributed by atoms with E-state index in [2.05, 4.69) is 5.32 Å². The van der Waals surface area contributed by atoms with E-state index in [1.165, 1.54) is 0 Å². The number of amides is 1. The van der Waals surface area contributed by atoms with Crippen LogP contribution in [0.1, 0.15) is 25.7 Å². The van der Waals surface area contributed by atoms with Crippen LogP contribution < -0.4 is 11.1 Å². The van der Waals surface area contributed by atoms with Gasteiger partial charge in [0.05, 0.1) is 5.41 Å². The number of carbonyl (C=O) groups is 1. The Balaban J connectivity index is 2.01. The van der Waals surface area contributed by atoms with Crippen molar-refractivity contribution >= 4 is 5.91 Å². The maximum atomic E-state index is 12.5. The first kappa shape index (κ1) is 10.7. The van der Waals surface area contributed by atoms with Crippen LogP contribution in [0.25, 0.3) is 0 Å². The Morgan fingerprint density at radius 1 is 1.27 bits per heavy atom. The van der Waals surface area contributed by atoms with Crippen LogP contribution in [0.2, 0.25) is 0 Å². The molecule has 0 saturated heterocycles. The number of rotatable bonds is 3. The molecule has 0 aromatic rings. The molecular formula is C9H13F3N2O. The number of halogens is 3. The molecule has 2 aliphatic rings. The van der Waals surface area contributed by atoms with Crippen LogP contribution >= 0.6 is 0 Å². The lowest BCUT2D eigenvalue weighted by Gasteiger charge is -2.23. The molecule has 0 spiro atoms. The number of nitrogens with one attached hydrogen (secondary N) is 1. The number of hydrogen-bond donors (Lipinski definition) is 2. The van der Waals surface area contributed by atoms with Crippen LogP contribution in [0.15, 0.2) is 0 Å². The summed E-state index contributed by atoms with van der Waals surface area (Å²) in [5.74, 6) is -0.528. The van der Waals surface area contributed by atoms with E-state index in [9.17, 15) is 18.0 Å². The van der Waals surface area contributed by atoms with Crippen LogP contribution in [-0.2, 0) is 4.79 Å². The van der Waals surface area contributed by atoms with Gasteiger partial charge in [0.2, 0.25) is 5.91 Å². The first-order chi connectivity index (χ1) is 6.85. The monoisotopic (exact) mass is 222 g/mol. The lowest BCUT2D eigenvalue weighted by atomic mass is 10.1. The minimum atomic E-state index is -4.34. The van der Waals surface area contributed by atoms with E-state index in [-0.39, 0.29) is 19.4 Å². The summed E-state index contributed by atoms with van der Waals surface area (Å²) in [6.07, 6.45) is -3.16. The predicted octanol–water partition coefficient (Wildman–Crippen LogP) is 0.936. The van der Waals surface area contributed by atoms with Gasteiger partial charge >= 0.3 is 6.18 Å². The second-order valence-electron chi connectivity index (χ2n) is 4.52. The fourth-order valence-corrected chi connectivity index (χ4v) is 1.63. The minimum absolute atomic E-state index is 0.0110. The molecular weight excluding hydrogens is 209 g/mol. The van der Waals surface area contributed by atoms with Gasteiger partial charge in [-0.15, -0.1) is 0 Å². The molecule has 0 radical (unpaired) electrons. The maximum absolute atomic E-state index is 12.5. The van der Waals surface area contributed by atoms with E-state index in [1.807, 2.05) is 0 Å². The predicted molar refractivity (Wildman–Crippen MR) is 46.9 cm³/mol. The van der Waals surface area contributed by atoms with Crippen molar-refractivity contribution in [1.29, 1.82) is 0 Å². The van der Waals surface area contributed by atoms with Crippen molar-refractivity contribution in [3.8, 4) is 0 Å². The molecule has 86 valence electrons. The van der Waals surface area contributed by atoms with Gasteiger partial charge in [-0.05, 0) is 25.7 Å². The Morgan fingerprint density at radius 3 is 2.07 bits per heavy atom. The van der Waals surface area contributed by atoms with Crippen molar-refractivity contribution in [3.63, 3.8) is 0 Å². The van der Waals surface area contributed by atoms with Crippen LogP contribution in [0.5, 0.6) is 0 Å². The Hall–Kier alpha value is -0.780. The summed E-state index contributed by atoms with van der Waals surface area (Å²) in [5, 5.41) is 2.12. The Kier molecular flexibility index (Phi) is 2.05. The van der Waals surface area contributed by atoms with Crippen LogP contribution in [0.3, 0.4) is 0 Å². The molecule has 0 bridgehead atoms. The van der Waals surface area contributed by atoms with Gasteiger partial charge in [-0.3, -0.25) is 4.79 Å². The Bertz CT molecular complexity index is 292. The molecule has 2 aliphatic carbocycles. The number of carbonyl (C=O) groups excluding carboxylic acids is 1. The number of hydrogen-bond acceptors (Lipinski definition) is 2. The molecule has 15 heavy (non-hydrogen) atoms. The summed E-state index contributed by atoms with van der Waals surface area (Å²) < 4.78 is 37.6. The highest BCUT2D eigenvalue weighted by Crippen LogP contribution is 2.51. The fraction of sp³-hybridized carbons (Fsp3) is 0.889. The summed E-state index contributed by atoms with van der Waals surface area (Å²) in [6, 6.07) is 0. The molecule has 0 unspecified atom stereocenters. The van der Waals surface area contributed by atoms with E-state index in [0.717, 1.165) is 0 Å². The van der Waals surface area contributed by atoms with Crippen molar-refractivity contribution in [3.05, 3.63) is 0 Å². The molecule has 0 aromatic heterocycles.